The van der Waals surface area contributed by atoms with E-state index < -0.39 is 0 Å². The van der Waals surface area contributed by atoms with Crippen molar-refractivity contribution in [1.29, 1.82) is 0 Å². The highest BCUT2D eigenvalue weighted by Gasteiger charge is 2.32. The lowest BCUT2D eigenvalue weighted by atomic mass is 10.2. The zero-order valence-corrected chi connectivity index (χ0v) is 13.0. The van der Waals surface area contributed by atoms with Crippen molar-refractivity contribution >= 4 is 5.91 Å². The molecule has 0 radical (unpaired) electrons. The SMILES string of the molecule is O=C(Cn1nnc(-c2ccccc2)n1)N1CCN(C2CC2)CC1. The van der Waals surface area contributed by atoms with Gasteiger partial charge < -0.3 is 4.90 Å². The van der Waals surface area contributed by atoms with Crippen LogP contribution in [0.2, 0.25) is 0 Å². The molecule has 1 aromatic heterocycles. The Kier molecular flexibility index (Phi) is 3.78. The van der Waals surface area contributed by atoms with Crippen LogP contribution in [0, 0.1) is 0 Å². The van der Waals surface area contributed by atoms with E-state index in [0.717, 1.165) is 37.8 Å². The smallest absolute Gasteiger partial charge is 0.246 e. The summed E-state index contributed by atoms with van der Waals surface area (Å²) < 4.78 is 0. The molecular weight excluding hydrogens is 292 g/mol. The number of piperazine rings is 1. The van der Waals surface area contributed by atoms with Crippen LogP contribution in [0.5, 0.6) is 0 Å². The maximum absolute atomic E-state index is 12.4. The van der Waals surface area contributed by atoms with E-state index in [9.17, 15) is 4.79 Å². The van der Waals surface area contributed by atoms with Crippen LogP contribution in [0.25, 0.3) is 11.4 Å². The number of carbonyl (C=O) groups excluding carboxylic acids is 1. The second-order valence-electron chi connectivity index (χ2n) is 6.16. The average Bonchev–Trinajstić information content (AvgIpc) is 3.35. The normalized spacial score (nSPS) is 19.0. The van der Waals surface area contributed by atoms with Gasteiger partial charge in [-0.3, -0.25) is 9.69 Å². The molecule has 2 aromatic rings. The topological polar surface area (TPSA) is 67.2 Å². The van der Waals surface area contributed by atoms with E-state index in [1.807, 2.05) is 35.2 Å². The number of carbonyl (C=O) groups is 1. The molecule has 4 rings (SSSR count). The Bertz CT molecular complexity index is 673. The molecule has 1 aliphatic carbocycles. The third kappa shape index (κ3) is 3.24. The third-order valence-electron chi connectivity index (χ3n) is 4.49. The van der Waals surface area contributed by atoms with E-state index in [2.05, 4.69) is 20.3 Å². The molecule has 1 saturated heterocycles. The highest BCUT2D eigenvalue weighted by atomic mass is 16.2. The molecule has 1 saturated carbocycles. The fourth-order valence-corrected chi connectivity index (χ4v) is 3.01. The first-order chi connectivity index (χ1) is 11.3. The van der Waals surface area contributed by atoms with Gasteiger partial charge in [0.25, 0.3) is 0 Å². The Morgan fingerprint density at radius 2 is 1.83 bits per heavy atom. The van der Waals surface area contributed by atoms with Crippen molar-refractivity contribution in [3.05, 3.63) is 30.3 Å². The number of tetrazole rings is 1. The van der Waals surface area contributed by atoms with Gasteiger partial charge in [-0.15, -0.1) is 10.2 Å². The quantitative estimate of drug-likeness (QED) is 0.829. The maximum atomic E-state index is 12.4. The molecule has 1 aromatic carbocycles. The zero-order valence-electron chi connectivity index (χ0n) is 13.0. The lowest BCUT2D eigenvalue weighted by Crippen LogP contribution is -2.50. The minimum absolute atomic E-state index is 0.0671. The molecule has 23 heavy (non-hydrogen) atoms. The number of hydrogen-bond donors (Lipinski definition) is 0. The Labute approximate surface area is 134 Å². The van der Waals surface area contributed by atoms with Gasteiger partial charge in [-0.1, -0.05) is 30.3 Å². The number of amides is 1. The van der Waals surface area contributed by atoms with E-state index in [1.165, 1.54) is 17.6 Å². The summed E-state index contributed by atoms with van der Waals surface area (Å²) >= 11 is 0. The fraction of sp³-hybridized carbons (Fsp3) is 0.500. The third-order valence-corrected chi connectivity index (χ3v) is 4.49. The van der Waals surface area contributed by atoms with E-state index in [0.29, 0.717) is 5.82 Å². The molecule has 0 N–H and O–H groups in total. The van der Waals surface area contributed by atoms with Crippen molar-refractivity contribution in [2.24, 2.45) is 0 Å². The van der Waals surface area contributed by atoms with Crippen molar-refractivity contribution in [2.75, 3.05) is 26.2 Å². The number of aromatic nitrogens is 4. The molecule has 0 spiro atoms. The largest absolute Gasteiger partial charge is 0.338 e. The molecule has 2 heterocycles. The number of rotatable bonds is 4. The van der Waals surface area contributed by atoms with E-state index in [4.69, 9.17) is 0 Å². The van der Waals surface area contributed by atoms with Crippen LogP contribution in [0.15, 0.2) is 30.3 Å². The van der Waals surface area contributed by atoms with Gasteiger partial charge in [0.2, 0.25) is 11.7 Å². The lowest BCUT2D eigenvalue weighted by molar-refractivity contribution is -0.134. The lowest BCUT2D eigenvalue weighted by Gasteiger charge is -2.34. The summed E-state index contributed by atoms with van der Waals surface area (Å²) in [4.78, 5) is 18.2. The average molecular weight is 312 g/mol. The molecule has 7 heteroatoms. The first-order valence-electron chi connectivity index (χ1n) is 8.15. The minimum Gasteiger partial charge on any atom is -0.338 e. The molecule has 120 valence electrons. The van der Waals surface area contributed by atoms with Crippen molar-refractivity contribution < 1.29 is 4.79 Å². The van der Waals surface area contributed by atoms with Gasteiger partial charge in [-0.2, -0.15) is 4.80 Å². The van der Waals surface area contributed by atoms with Gasteiger partial charge in [0.1, 0.15) is 6.54 Å². The predicted molar refractivity (Wildman–Crippen MR) is 84.4 cm³/mol. The second-order valence-corrected chi connectivity index (χ2v) is 6.16. The van der Waals surface area contributed by atoms with Crippen LogP contribution in [-0.4, -0.2) is 68.1 Å². The highest BCUT2D eigenvalue weighted by molar-refractivity contribution is 5.76. The van der Waals surface area contributed by atoms with Crippen LogP contribution >= 0.6 is 0 Å². The Hall–Kier alpha value is -2.28. The number of benzene rings is 1. The van der Waals surface area contributed by atoms with Crippen molar-refractivity contribution in [3.8, 4) is 11.4 Å². The zero-order chi connectivity index (χ0) is 15.6. The molecule has 0 unspecified atom stereocenters. The van der Waals surface area contributed by atoms with Crippen LogP contribution in [0.1, 0.15) is 12.8 Å². The van der Waals surface area contributed by atoms with Gasteiger partial charge in [0.05, 0.1) is 0 Å². The predicted octanol–water partition coefficient (Wildman–Crippen LogP) is 0.647. The fourth-order valence-electron chi connectivity index (χ4n) is 3.01. The van der Waals surface area contributed by atoms with E-state index in [1.54, 1.807) is 0 Å². The summed E-state index contributed by atoms with van der Waals surface area (Å²) in [7, 11) is 0. The van der Waals surface area contributed by atoms with Crippen molar-refractivity contribution in [2.45, 2.75) is 25.4 Å². The van der Waals surface area contributed by atoms with Gasteiger partial charge in [0, 0.05) is 37.8 Å². The molecule has 0 bridgehead atoms. The molecule has 0 atom stereocenters. The molecule has 2 fully saturated rings. The monoisotopic (exact) mass is 312 g/mol. The molecule has 2 aliphatic rings. The molecule has 1 amide bonds. The molecule has 1 aliphatic heterocycles. The van der Waals surface area contributed by atoms with Gasteiger partial charge in [0.15, 0.2) is 0 Å². The summed E-state index contributed by atoms with van der Waals surface area (Å²) in [6, 6.07) is 10.4. The summed E-state index contributed by atoms with van der Waals surface area (Å²) in [5.41, 5.74) is 0.907. The van der Waals surface area contributed by atoms with Crippen LogP contribution < -0.4 is 0 Å². The van der Waals surface area contributed by atoms with Gasteiger partial charge in [-0.05, 0) is 18.1 Å². The molecular formula is C16H20N6O. The Morgan fingerprint density at radius 1 is 1.09 bits per heavy atom. The van der Waals surface area contributed by atoms with Gasteiger partial charge >= 0.3 is 0 Å². The van der Waals surface area contributed by atoms with Crippen molar-refractivity contribution in [3.63, 3.8) is 0 Å². The first kappa shape index (κ1) is 14.3. The minimum atomic E-state index is 0.0671. The van der Waals surface area contributed by atoms with E-state index >= 15 is 0 Å². The van der Waals surface area contributed by atoms with Crippen LogP contribution in [0.3, 0.4) is 0 Å². The summed E-state index contributed by atoms with van der Waals surface area (Å²) in [5.74, 6) is 0.620. The first-order valence-corrected chi connectivity index (χ1v) is 8.15. The van der Waals surface area contributed by atoms with Gasteiger partial charge in [-0.25, -0.2) is 0 Å². The number of hydrogen-bond acceptors (Lipinski definition) is 5. The summed E-state index contributed by atoms with van der Waals surface area (Å²) in [6.45, 7) is 3.72. The molecule has 7 nitrogen and oxygen atoms in total. The standard InChI is InChI=1S/C16H20N6O/c23-15(21-10-8-20(9-11-21)14-6-7-14)12-22-18-16(17-19-22)13-4-2-1-3-5-13/h1-5,14H,6-12H2. The van der Waals surface area contributed by atoms with E-state index in [-0.39, 0.29) is 12.5 Å². The summed E-state index contributed by atoms with van der Waals surface area (Å²) in [5, 5.41) is 12.3. The van der Waals surface area contributed by atoms with Crippen LogP contribution in [-0.2, 0) is 11.3 Å². The van der Waals surface area contributed by atoms with Crippen molar-refractivity contribution in [1.82, 2.24) is 30.0 Å². The number of nitrogens with zero attached hydrogens (tertiary/aromatic N) is 6. The maximum Gasteiger partial charge on any atom is 0.246 e. The summed E-state index contributed by atoms with van der Waals surface area (Å²) in [6.07, 6.45) is 2.64. The Morgan fingerprint density at radius 3 is 2.52 bits per heavy atom. The Balaban J connectivity index is 1.35. The highest BCUT2D eigenvalue weighted by Crippen LogP contribution is 2.27. The van der Waals surface area contributed by atoms with Crippen LogP contribution in [0.4, 0.5) is 0 Å². The second kappa shape index (κ2) is 6.08.